The van der Waals surface area contributed by atoms with Crippen LogP contribution in [0.4, 0.5) is 0 Å². The van der Waals surface area contributed by atoms with Crippen molar-refractivity contribution in [3.8, 4) is 0 Å². The topological polar surface area (TPSA) is 21.3 Å². The van der Waals surface area contributed by atoms with E-state index in [9.17, 15) is 0 Å². The van der Waals surface area contributed by atoms with Crippen LogP contribution in [-0.4, -0.2) is 26.3 Å². The van der Waals surface area contributed by atoms with E-state index in [2.05, 4.69) is 36.5 Å². The molecule has 2 rings (SSSR count). The third-order valence-electron chi connectivity index (χ3n) is 4.17. The van der Waals surface area contributed by atoms with Crippen LogP contribution in [0.2, 0.25) is 0 Å². The van der Waals surface area contributed by atoms with Gasteiger partial charge in [-0.3, -0.25) is 0 Å². The molecule has 0 fully saturated rings. The molecule has 1 atom stereocenters. The minimum Gasteiger partial charge on any atom is -0.381 e. The first kappa shape index (κ1) is 15.5. The van der Waals surface area contributed by atoms with E-state index >= 15 is 0 Å². The van der Waals surface area contributed by atoms with Gasteiger partial charge in [0.2, 0.25) is 0 Å². The van der Waals surface area contributed by atoms with Crippen molar-refractivity contribution in [3.63, 3.8) is 0 Å². The standard InChI is InChI=1S/C18H29NO/c1-2-3-13-20-14-7-12-19-15-17-10-6-9-16-8-4-5-11-18(16)17/h4-5,8,11,17,19H,2-3,6-7,9-10,12-15H2,1H3. The fourth-order valence-electron chi connectivity index (χ4n) is 2.99. The first-order valence-electron chi connectivity index (χ1n) is 8.28. The normalized spacial score (nSPS) is 17.9. The molecule has 2 nitrogen and oxygen atoms in total. The van der Waals surface area contributed by atoms with Gasteiger partial charge in [0.25, 0.3) is 0 Å². The number of aryl methyl sites for hydroxylation is 1. The van der Waals surface area contributed by atoms with Crippen LogP contribution < -0.4 is 5.32 Å². The van der Waals surface area contributed by atoms with Crippen molar-refractivity contribution in [2.75, 3.05) is 26.3 Å². The van der Waals surface area contributed by atoms with E-state index in [-0.39, 0.29) is 0 Å². The van der Waals surface area contributed by atoms with Crippen LogP contribution in [0.5, 0.6) is 0 Å². The predicted octanol–water partition coefficient (Wildman–Crippen LogP) is 3.90. The van der Waals surface area contributed by atoms with Crippen LogP contribution in [0.1, 0.15) is 56.1 Å². The zero-order valence-corrected chi connectivity index (χ0v) is 12.9. The highest BCUT2D eigenvalue weighted by atomic mass is 16.5. The second kappa shape index (κ2) is 9.15. The van der Waals surface area contributed by atoms with Gasteiger partial charge in [-0.05, 0) is 55.7 Å². The highest BCUT2D eigenvalue weighted by Gasteiger charge is 2.18. The number of hydrogen-bond donors (Lipinski definition) is 1. The first-order valence-corrected chi connectivity index (χ1v) is 8.28. The van der Waals surface area contributed by atoms with Crippen molar-refractivity contribution >= 4 is 0 Å². The van der Waals surface area contributed by atoms with Gasteiger partial charge in [0.15, 0.2) is 0 Å². The van der Waals surface area contributed by atoms with E-state index in [0.717, 1.165) is 32.7 Å². The molecule has 1 aromatic carbocycles. The van der Waals surface area contributed by atoms with Crippen LogP contribution >= 0.6 is 0 Å². The zero-order chi connectivity index (χ0) is 14.0. The predicted molar refractivity (Wildman–Crippen MR) is 85.3 cm³/mol. The quantitative estimate of drug-likeness (QED) is 0.690. The van der Waals surface area contributed by atoms with Crippen molar-refractivity contribution in [1.29, 1.82) is 0 Å². The molecule has 1 N–H and O–H groups in total. The fourth-order valence-corrected chi connectivity index (χ4v) is 2.99. The molecule has 1 aliphatic carbocycles. The molecule has 0 bridgehead atoms. The summed E-state index contributed by atoms with van der Waals surface area (Å²) in [4.78, 5) is 0. The lowest BCUT2D eigenvalue weighted by molar-refractivity contribution is 0.128. The maximum atomic E-state index is 5.58. The highest BCUT2D eigenvalue weighted by molar-refractivity contribution is 5.32. The van der Waals surface area contributed by atoms with Crippen LogP contribution in [0.3, 0.4) is 0 Å². The van der Waals surface area contributed by atoms with E-state index in [1.54, 1.807) is 11.1 Å². The van der Waals surface area contributed by atoms with Gasteiger partial charge in [-0.25, -0.2) is 0 Å². The third-order valence-corrected chi connectivity index (χ3v) is 4.17. The Morgan fingerprint density at radius 1 is 1.20 bits per heavy atom. The molecule has 2 heteroatoms. The molecule has 0 spiro atoms. The lowest BCUT2D eigenvalue weighted by atomic mass is 9.83. The van der Waals surface area contributed by atoms with Crippen molar-refractivity contribution in [3.05, 3.63) is 35.4 Å². The highest BCUT2D eigenvalue weighted by Crippen LogP contribution is 2.30. The number of ether oxygens (including phenoxy) is 1. The van der Waals surface area contributed by atoms with E-state index in [4.69, 9.17) is 4.74 Å². The molecule has 1 aromatic rings. The Bertz CT molecular complexity index is 377. The summed E-state index contributed by atoms with van der Waals surface area (Å²) in [5, 5.41) is 3.61. The summed E-state index contributed by atoms with van der Waals surface area (Å²) in [6.45, 7) is 6.21. The molecule has 0 heterocycles. The van der Waals surface area contributed by atoms with Crippen molar-refractivity contribution in [1.82, 2.24) is 5.32 Å². The SMILES string of the molecule is CCCCOCCCNCC1CCCc2ccccc21. The average Bonchev–Trinajstić information content (AvgIpc) is 2.50. The Labute approximate surface area is 123 Å². The van der Waals surface area contributed by atoms with Gasteiger partial charge >= 0.3 is 0 Å². The summed E-state index contributed by atoms with van der Waals surface area (Å²) in [6, 6.07) is 8.96. The Kier molecular flexibility index (Phi) is 7.10. The molecule has 1 aliphatic rings. The average molecular weight is 275 g/mol. The Hall–Kier alpha value is -0.860. The second-order valence-electron chi connectivity index (χ2n) is 5.81. The minimum absolute atomic E-state index is 0.709. The summed E-state index contributed by atoms with van der Waals surface area (Å²) in [6.07, 6.45) is 7.46. The number of rotatable bonds is 9. The van der Waals surface area contributed by atoms with Crippen LogP contribution in [0.15, 0.2) is 24.3 Å². The lowest BCUT2D eigenvalue weighted by Crippen LogP contribution is -2.25. The number of benzene rings is 1. The van der Waals surface area contributed by atoms with Gasteiger partial charge in [-0.1, -0.05) is 37.6 Å². The molecule has 112 valence electrons. The molecule has 0 amide bonds. The maximum Gasteiger partial charge on any atom is 0.0478 e. The molecule has 0 aromatic heterocycles. The van der Waals surface area contributed by atoms with Crippen LogP contribution in [-0.2, 0) is 11.2 Å². The molecule has 0 radical (unpaired) electrons. The monoisotopic (exact) mass is 275 g/mol. The van der Waals surface area contributed by atoms with Gasteiger partial charge in [-0.2, -0.15) is 0 Å². The summed E-state index contributed by atoms with van der Waals surface area (Å²) in [5.74, 6) is 0.709. The molecule has 1 unspecified atom stereocenters. The number of unbranched alkanes of at least 4 members (excludes halogenated alkanes) is 1. The molecular formula is C18H29NO. The smallest absolute Gasteiger partial charge is 0.0478 e. The van der Waals surface area contributed by atoms with E-state index in [1.165, 1.54) is 32.1 Å². The minimum atomic E-state index is 0.709. The molecule has 0 saturated heterocycles. The summed E-state index contributed by atoms with van der Waals surface area (Å²) in [7, 11) is 0. The summed E-state index contributed by atoms with van der Waals surface area (Å²) in [5.41, 5.74) is 3.14. The summed E-state index contributed by atoms with van der Waals surface area (Å²) >= 11 is 0. The Balaban J connectivity index is 1.61. The molecule has 0 aliphatic heterocycles. The largest absolute Gasteiger partial charge is 0.381 e. The lowest BCUT2D eigenvalue weighted by Gasteiger charge is -2.25. The fraction of sp³-hybridized carbons (Fsp3) is 0.667. The van der Waals surface area contributed by atoms with E-state index in [0.29, 0.717) is 5.92 Å². The van der Waals surface area contributed by atoms with Gasteiger partial charge in [-0.15, -0.1) is 0 Å². The van der Waals surface area contributed by atoms with Crippen molar-refractivity contribution in [2.24, 2.45) is 0 Å². The van der Waals surface area contributed by atoms with Gasteiger partial charge in [0.05, 0.1) is 0 Å². The van der Waals surface area contributed by atoms with Crippen molar-refractivity contribution in [2.45, 2.75) is 51.4 Å². The zero-order valence-electron chi connectivity index (χ0n) is 12.9. The van der Waals surface area contributed by atoms with Gasteiger partial charge < -0.3 is 10.1 Å². The van der Waals surface area contributed by atoms with Crippen LogP contribution in [0, 0.1) is 0 Å². The van der Waals surface area contributed by atoms with E-state index in [1.807, 2.05) is 0 Å². The van der Waals surface area contributed by atoms with Gasteiger partial charge in [0.1, 0.15) is 0 Å². The van der Waals surface area contributed by atoms with E-state index < -0.39 is 0 Å². The number of hydrogen-bond acceptors (Lipinski definition) is 2. The number of nitrogens with one attached hydrogen (secondary N) is 1. The van der Waals surface area contributed by atoms with Crippen LogP contribution in [0.25, 0.3) is 0 Å². The summed E-state index contributed by atoms with van der Waals surface area (Å²) < 4.78 is 5.58. The first-order chi connectivity index (χ1) is 9.92. The van der Waals surface area contributed by atoms with Gasteiger partial charge in [0, 0.05) is 19.8 Å². The molecular weight excluding hydrogens is 246 g/mol. The second-order valence-corrected chi connectivity index (χ2v) is 5.81. The maximum absolute atomic E-state index is 5.58. The molecule has 0 saturated carbocycles. The van der Waals surface area contributed by atoms with Crippen molar-refractivity contribution < 1.29 is 4.74 Å². The Morgan fingerprint density at radius 2 is 2.05 bits per heavy atom. The Morgan fingerprint density at radius 3 is 2.95 bits per heavy atom. The third kappa shape index (κ3) is 4.92. The molecule has 20 heavy (non-hydrogen) atoms. The number of fused-ring (bicyclic) bond motifs is 1.